The van der Waals surface area contributed by atoms with E-state index in [-0.39, 0.29) is 12.2 Å². The zero-order chi connectivity index (χ0) is 13.1. The second-order valence-corrected chi connectivity index (χ2v) is 5.38. The van der Waals surface area contributed by atoms with E-state index >= 15 is 0 Å². The largest absolute Gasteiger partial charge is 0.456 e. The second-order valence-electron chi connectivity index (χ2n) is 4.06. The van der Waals surface area contributed by atoms with Gasteiger partial charge in [-0.3, -0.25) is 0 Å². The van der Waals surface area contributed by atoms with Crippen LogP contribution >= 0.6 is 25.2 Å². The van der Waals surface area contributed by atoms with Gasteiger partial charge in [0.25, 0.3) is 0 Å². The molecule has 0 aliphatic carbocycles. The smallest absolute Gasteiger partial charge is 0.249 e. The summed E-state index contributed by atoms with van der Waals surface area (Å²) in [4.78, 5) is 0. The Morgan fingerprint density at radius 1 is 1.61 bits per heavy atom. The number of epoxide rings is 1. The molecule has 1 heterocycles. The minimum atomic E-state index is -1.42. The minimum Gasteiger partial charge on any atom is -0.456 e. The molecule has 1 fully saturated rings. The van der Waals surface area contributed by atoms with Crippen molar-refractivity contribution in [1.82, 2.24) is 0 Å². The molecule has 0 amide bonds. The molecule has 4 atom stereocenters. The monoisotopic (exact) mass is 336 g/mol. The molecule has 1 saturated heterocycles. The van der Waals surface area contributed by atoms with Gasteiger partial charge in [0.15, 0.2) is 0 Å². The first-order chi connectivity index (χ1) is 8.58. The highest BCUT2D eigenvalue weighted by atomic mass is 79.9. The normalized spacial score (nSPS) is 21.4. The van der Waals surface area contributed by atoms with E-state index in [2.05, 4.69) is 15.9 Å². The van der Waals surface area contributed by atoms with E-state index < -0.39 is 6.10 Å². The van der Waals surface area contributed by atoms with E-state index in [9.17, 15) is 4.39 Å². The molecule has 100 valence electrons. The van der Waals surface area contributed by atoms with Crippen molar-refractivity contribution in [3.63, 3.8) is 0 Å². The molecule has 3 nitrogen and oxygen atoms in total. The molecule has 0 spiro atoms. The SMILES string of the molecule is CC(OCC1CO1)c1cccc(OC(F)P)c1Br. The summed E-state index contributed by atoms with van der Waals surface area (Å²) in [5.74, 6) is 0.466. The second kappa shape index (κ2) is 6.29. The van der Waals surface area contributed by atoms with Gasteiger partial charge < -0.3 is 14.2 Å². The Morgan fingerprint density at radius 3 is 2.94 bits per heavy atom. The number of hydrogen-bond acceptors (Lipinski definition) is 3. The summed E-state index contributed by atoms with van der Waals surface area (Å²) in [6, 6.07) is 5.45. The van der Waals surface area contributed by atoms with Gasteiger partial charge in [0, 0.05) is 0 Å². The van der Waals surface area contributed by atoms with Crippen LogP contribution in [0.1, 0.15) is 18.6 Å². The van der Waals surface area contributed by atoms with Crippen molar-refractivity contribution >= 4 is 25.2 Å². The van der Waals surface area contributed by atoms with Gasteiger partial charge in [-0.05, 0) is 34.5 Å². The average Bonchev–Trinajstić information content (AvgIpc) is 3.12. The Hall–Kier alpha value is -0.220. The van der Waals surface area contributed by atoms with Crippen LogP contribution < -0.4 is 4.74 Å². The fourth-order valence-electron chi connectivity index (χ4n) is 1.56. The molecule has 1 aromatic carbocycles. The predicted octanol–water partition coefficient (Wildman–Crippen LogP) is 3.43. The van der Waals surface area contributed by atoms with Crippen molar-refractivity contribution in [2.75, 3.05) is 13.2 Å². The summed E-state index contributed by atoms with van der Waals surface area (Å²) in [6.45, 7) is 3.29. The minimum absolute atomic E-state index is 0.102. The van der Waals surface area contributed by atoms with E-state index in [1.165, 1.54) is 0 Å². The summed E-state index contributed by atoms with van der Waals surface area (Å²) in [5.41, 5.74) is 0.929. The Morgan fingerprint density at radius 2 is 2.33 bits per heavy atom. The predicted molar refractivity (Wildman–Crippen MR) is 73.5 cm³/mol. The summed E-state index contributed by atoms with van der Waals surface area (Å²) in [6.07, 6.45) is -1.30. The molecule has 0 radical (unpaired) electrons. The van der Waals surface area contributed by atoms with E-state index in [1.54, 1.807) is 6.07 Å². The van der Waals surface area contributed by atoms with Crippen molar-refractivity contribution in [3.8, 4) is 5.75 Å². The lowest BCUT2D eigenvalue weighted by molar-refractivity contribution is 0.0531. The maximum Gasteiger partial charge on any atom is 0.249 e. The van der Waals surface area contributed by atoms with Gasteiger partial charge in [-0.2, -0.15) is 4.39 Å². The highest BCUT2D eigenvalue weighted by Crippen LogP contribution is 2.35. The Kier molecular flexibility index (Phi) is 4.96. The molecule has 0 saturated carbocycles. The summed E-state index contributed by atoms with van der Waals surface area (Å²) >= 11 is 3.42. The molecule has 18 heavy (non-hydrogen) atoms. The van der Waals surface area contributed by atoms with Crippen LogP contribution in [0.4, 0.5) is 4.39 Å². The number of alkyl halides is 1. The van der Waals surface area contributed by atoms with Crippen LogP contribution in [-0.4, -0.2) is 25.4 Å². The molecule has 1 aliphatic heterocycles. The van der Waals surface area contributed by atoms with Gasteiger partial charge in [-0.1, -0.05) is 21.4 Å². The molecule has 0 bridgehead atoms. The summed E-state index contributed by atoms with van der Waals surface area (Å²) < 4.78 is 29.4. The standard InChI is InChI=1S/C12H15BrFO3P/c1-7(15-5-8-6-16-8)9-3-2-4-10(11(9)13)17-12(14)18/h2-4,7-8,12H,5-6,18H2,1H3. The van der Waals surface area contributed by atoms with Gasteiger partial charge in [0.05, 0.1) is 23.8 Å². The van der Waals surface area contributed by atoms with Crippen molar-refractivity contribution in [1.29, 1.82) is 0 Å². The highest BCUT2D eigenvalue weighted by molar-refractivity contribution is 9.10. The quantitative estimate of drug-likeness (QED) is 0.589. The van der Waals surface area contributed by atoms with Crippen LogP contribution in [0.2, 0.25) is 0 Å². The first-order valence-electron chi connectivity index (χ1n) is 5.66. The lowest BCUT2D eigenvalue weighted by Crippen LogP contribution is -2.08. The highest BCUT2D eigenvalue weighted by Gasteiger charge is 2.24. The molecule has 0 aromatic heterocycles. The Labute approximate surface area is 116 Å². The van der Waals surface area contributed by atoms with Gasteiger partial charge in [0.2, 0.25) is 6.10 Å². The first kappa shape index (κ1) is 14.2. The van der Waals surface area contributed by atoms with Gasteiger partial charge in [0.1, 0.15) is 11.9 Å². The lowest BCUT2D eigenvalue weighted by Gasteiger charge is -2.17. The zero-order valence-corrected chi connectivity index (χ0v) is 12.7. The van der Waals surface area contributed by atoms with Gasteiger partial charge in [-0.25, -0.2) is 0 Å². The fraction of sp³-hybridized carbons (Fsp3) is 0.500. The van der Waals surface area contributed by atoms with Crippen LogP contribution in [0.15, 0.2) is 22.7 Å². The number of halogens is 2. The van der Waals surface area contributed by atoms with Crippen LogP contribution in [0, 0.1) is 0 Å². The fourth-order valence-corrected chi connectivity index (χ4v) is 2.39. The molecule has 4 unspecified atom stereocenters. The number of benzene rings is 1. The summed E-state index contributed by atoms with van der Waals surface area (Å²) in [7, 11) is 1.95. The molecule has 0 N–H and O–H groups in total. The molecule has 1 aliphatic rings. The topological polar surface area (TPSA) is 31.0 Å². The Bertz CT molecular complexity index is 412. The van der Waals surface area contributed by atoms with E-state index in [4.69, 9.17) is 14.2 Å². The van der Waals surface area contributed by atoms with Crippen molar-refractivity contribution in [2.45, 2.75) is 25.2 Å². The Balaban J connectivity index is 2.05. The molecular formula is C12H15BrFO3P. The number of rotatable bonds is 6. The number of ether oxygens (including phenoxy) is 3. The third-order valence-electron chi connectivity index (χ3n) is 2.61. The van der Waals surface area contributed by atoms with E-state index in [1.807, 2.05) is 28.3 Å². The average molecular weight is 337 g/mol. The maximum absolute atomic E-state index is 12.8. The van der Waals surface area contributed by atoms with Crippen molar-refractivity contribution < 1.29 is 18.6 Å². The lowest BCUT2D eigenvalue weighted by atomic mass is 10.1. The third kappa shape index (κ3) is 3.89. The molecule has 1 aromatic rings. The van der Waals surface area contributed by atoms with E-state index in [0.717, 1.165) is 16.6 Å². The van der Waals surface area contributed by atoms with Crippen LogP contribution in [0.3, 0.4) is 0 Å². The van der Waals surface area contributed by atoms with E-state index in [0.29, 0.717) is 12.4 Å². The third-order valence-corrected chi connectivity index (χ3v) is 3.59. The maximum atomic E-state index is 12.8. The number of hydrogen-bond donors (Lipinski definition) is 0. The van der Waals surface area contributed by atoms with Gasteiger partial charge in [-0.15, -0.1) is 0 Å². The van der Waals surface area contributed by atoms with Crippen molar-refractivity contribution in [2.24, 2.45) is 0 Å². The van der Waals surface area contributed by atoms with Crippen molar-refractivity contribution in [3.05, 3.63) is 28.2 Å². The zero-order valence-electron chi connectivity index (χ0n) is 9.94. The molecular weight excluding hydrogens is 322 g/mol. The first-order valence-corrected chi connectivity index (χ1v) is 7.12. The van der Waals surface area contributed by atoms with Gasteiger partial charge >= 0.3 is 0 Å². The van der Waals surface area contributed by atoms with Crippen LogP contribution in [-0.2, 0) is 9.47 Å². The summed E-state index contributed by atoms with van der Waals surface area (Å²) in [5, 5.41) is 0. The van der Waals surface area contributed by atoms with Crippen LogP contribution in [0.25, 0.3) is 0 Å². The molecule has 6 heteroatoms. The molecule has 2 rings (SSSR count). The van der Waals surface area contributed by atoms with Crippen LogP contribution in [0.5, 0.6) is 5.75 Å².